The van der Waals surface area contributed by atoms with Crippen LogP contribution in [0.4, 0.5) is 15.8 Å². The Morgan fingerprint density at radius 3 is 2.67 bits per heavy atom. The van der Waals surface area contributed by atoms with Gasteiger partial charge in [0.05, 0.1) is 17.0 Å². The lowest BCUT2D eigenvalue weighted by atomic mass is 10.3. The number of benzene rings is 1. The van der Waals surface area contributed by atoms with E-state index in [2.05, 4.69) is 0 Å². The number of anilines is 1. The van der Waals surface area contributed by atoms with E-state index < -0.39 is 44.7 Å². The molecule has 0 radical (unpaired) electrons. The van der Waals surface area contributed by atoms with E-state index >= 15 is 0 Å². The molecule has 0 aliphatic carbocycles. The van der Waals surface area contributed by atoms with Gasteiger partial charge in [0.1, 0.15) is 5.82 Å². The molecule has 0 saturated carbocycles. The smallest absolute Gasteiger partial charge is 0.304 e. The zero-order valence-corrected chi connectivity index (χ0v) is 11.6. The first-order valence-corrected chi connectivity index (χ1v) is 6.97. The predicted octanol–water partition coefficient (Wildman–Crippen LogP) is 0.797. The quantitative estimate of drug-likeness (QED) is 0.564. The summed E-state index contributed by atoms with van der Waals surface area (Å²) >= 11 is 0. The maximum atomic E-state index is 13.5. The first-order chi connectivity index (χ1) is 9.63. The van der Waals surface area contributed by atoms with Crippen molar-refractivity contribution in [3.05, 3.63) is 34.1 Å². The van der Waals surface area contributed by atoms with Crippen molar-refractivity contribution in [1.82, 2.24) is 4.31 Å². The molecule has 21 heavy (non-hydrogen) atoms. The Balaban J connectivity index is 2.95. The molecule has 11 heteroatoms. The summed E-state index contributed by atoms with van der Waals surface area (Å²) in [5.74, 6) is -2.19. The topological polar surface area (TPSA) is 130 Å². The number of nitrogens with one attached hydrogen (secondary N) is 1. The van der Waals surface area contributed by atoms with Gasteiger partial charge in [-0.2, -0.15) is 12.7 Å². The lowest BCUT2D eigenvalue weighted by molar-refractivity contribution is -0.384. The number of non-ortho nitro benzene ring substituents is 1. The van der Waals surface area contributed by atoms with Crippen molar-refractivity contribution in [2.45, 2.75) is 6.42 Å². The normalized spacial score (nSPS) is 11.4. The third kappa shape index (κ3) is 4.65. The third-order valence-corrected chi connectivity index (χ3v) is 3.93. The van der Waals surface area contributed by atoms with E-state index in [1.165, 1.54) is 0 Å². The van der Waals surface area contributed by atoms with Crippen molar-refractivity contribution in [2.24, 2.45) is 0 Å². The van der Waals surface area contributed by atoms with E-state index in [0.717, 1.165) is 25.2 Å². The lowest BCUT2D eigenvalue weighted by Crippen LogP contribution is -2.34. The molecule has 2 N–H and O–H groups in total. The zero-order valence-electron chi connectivity index (χ0n) is 10.8. The maximum absolute atomic E-state index is 13.5. The largest absolute Gasteiger partial charge is 0.481 e. The molecule has 1 aromatic carbocycles. The minimum Gasteiger partial charge on any atom is -0.481 e. The fraction of sp³-hybridized carbons (Fsp3) is 0.300. The molecule has 0 atom stereocenters. The number of rotatable bonds is 7. The van der Waals surface area contributed by atoms with E-state index in [1.807, 2.05) is 4.72 Å². The second-order valence-electron chi connectivity index (χ2n) is 3.99. The number of nitro benzene ring substituents is 1. The van der Waals surface area contributed by atoms with E-state index in [0.29, 0.717) is 4.31 Å². The lowest BCUT2D eigenvalue weighted by Gasteiger charge is -2.17. The minimum absolute atomic E-state index is 0.332. The fourth-order valence-electron chi connectivity index (χ4n) is 1.30. The molecule has 0 unspecified atom stereocenters. The van der Waals surface area contributed by atoms with Crippen molar-refractivity contribution in [3.8, 4) is 0 Å². The van der Waals surface area contributed by atoms with Gasteiger partial charge in [-0.1, -0.05) is 0 Å². The van der Waals surface area contributed by atoms with Gasteiger partial charge in [-0.25, -0.2) is 4.39 Å². The number of nitro groups is 1. The molecule has 0 saturated heterocycles. The average Bonchev–Trinajstić information content (AvgIpc) is 2.37. The first kappa shape index (κ1) is 16.8. The second kappa shape index (κ2) is 6.45. The van der Waals surface area contributed by atoms with Crippen molar-refractivity contribution in [2.75, 3.05) is 18.3 Å². The minimum atomic E-state index is -4.22. The van der Waals surface area contributed by atoms with Crippen molar-refractivity contribution >= 4 is 27.6 Å². The highest BCUT2D eigenvalue weighted by atomic mass is 32.2. The van der Waals surface area contributed by atoms with Crippen LogP contribution in [0.2, 0.25) is 0 Å². The SMILES string of the molecule is CN(CCC(=O)O)S(=O)(=O)Nc1cc([N+](=O)[O-])ccc1F. The van der Waals surface area contributed by atoms with Crippen molar-refractivity contribution in [3.63, 3.8) is 0 Å². The summed E-state index contributed by atoms with van der Waals surface area (Å²) in [6.45, 7) is -0.332. The fourth-order valence-corrected chi connectivity index (χ4v) is 2.22. The number of halogens is 1. The summed E-state index contributed by atoms with van der Waals surface area (Å²) in [6.07, 6.45) is -0.436. The number of hydrogen-bond donors (Lipinski definition) is 2. The van der Waals surface area contributed by atoms with Gasteiger partial charge in [0.15, 0.2) is 0 Å². The van der Waals surface area contributed by atoms with Crippen LogP contribution < -0.4 is 4.72 Å². The molecule has 0 fully saturated rings. The van der Waals surface area contributed by atoms with Gasteiger partial charge < -0.3 is 5.11 Å². The van der Waals surface area contributed by atoms with E-state index in [1.54, 1.807) is 0 Å². The molecule has 1 rings (SSSR count). The van der Waals surface area contributed by atoms with Crippen LogP contribution in [-0.4, -0.2) is 42.3 Å². The van der Waals surface area contributed by atoms with Gasteiger partial charge >= 0.3 is 16.2 Å². The van der Waals surface area contributed by atoms with Gasteiger partial charge in [0.25, 0.3) is 5.69 Å². The van der Waals surface area contributed by atoms with E-state index in [4.69, 9.17) is 5.11 Å². The van der Waals surface area contributed by atoms with Gasteiger partial charge in [0.2, 0.25) is 0 Å². The standard InChI is InChI=1S/C10H12FN3O6S/c1-13(5-4-10(15)16)21(19,20)12-9-6-7(14(17)18)2-3-8(9)11/h2-3,6,12H,4-5H2,1H3,(H,15,16). The Bertz CT molecular complexity index is 663. The molecule has 0 spiro atoms. The molecule has 9 nitrogen and oxygen atoms in total. The molecule has 0 amide bonds. The predicted molar refractivity (Wildman–Crippen MR) is 70.5 cm³/mol. The Morgan fingerprint density at radius 1 is 1.52 bits per heavy atom. The van der Waals surface area contributed by atoms with Crippen molar-refractivity contribution in [1.29, 1.82) is 0 Å². The summed E-state index contributed by atoms with van der Waals surface area (Å²) in [6, 6.07) is 2.38. The Hall–Kier alpha value is -2.27. The highest BCUT2D eigenvalue weighted by Crippen LogP contribution is 2.22. The number of carboxylic acid groups (broad SMARTS) is 1. The van der Waals surface area contributed by atoms with E-state index in [-0.39, 0.29) is 6.54 Å². The maximum Gasteiger partial charge on any atom is 0.304 e. The summed E-state index contributed by atoms with van der Waals surface area (Å²) in [4.78, 5) is 20.2. The molecule has 0 heterocycles. The number of carbonyl (C=O) groups is 1. The van der Waals surface area contributed by atoms with Gasteiger partial charge in [0, 0.05) is 25.7 Å². The van der Waals surface area contributed by atoms with Crippen LogP contribution in [0.3, 0.4) is 0 Å². The third-order valence-electron chi connectivity index (χ3n) is 2.45. The monoisotopic (exact) mass is 321 g/mol. The number of nitrogens with zero attached hydrogens (tertiary/aromatic N) is 2. The van der Waals surface area contributed by atoms with Crippen LogP contribution in [0.1, 0.15) is 6.42 Å². The van der Waals surface area contributed by atoms with Gasteiger partial charge in [-0.15, -0.1) is 0 Å². The highest BCUT2D eigenvalue weighted by Gasteiger charge is 2.21. The molecule has 0 bridgehead atoms. The summed E-state index contributed by atoms with van der Waals surface area (Å²) in [5, 5.41) is 19.1. The Morgan fingerprint density at radius 2 is 2.14 bits per heavy atom. The molecular weight excluding hydrogens is 309 g/mol. The van der Waals surface area contributed by atoms with E-state index in [9.17, 15) is 27.7 Å². The van der Waals surface area contributed by atoms with Crippen LogP contribution in [0.25, 0.3) is 0 Å². The number of hydrogen-bond acceptors (Lipinski definition) is 5. The molecule has 116 valence electrons. The van der Waals surface area contributed by atoms with Crippen LogP contribution in [0.5, 0.6) is 0 Å². The zero-order chi connectivity index (χ0) is 16.2. The molecule has 0 aliphatic heterocycles. The Labute approximate surface area is 119 Å². The summed E-state index contributed by atoms with van der Waals surface area (Å²) in [7, 11) is -3.12. The number of carboxylic acids is 1. The van der Waals surface area contributed by atoms with Crippen LogP contribution in [-0.2, 0) is 15.0 Å². The molecule has 1 aromatic rings. The van der Waals surface area contributed by atoms with Crippen molar-refractivity contribution < 1.29 is 27.6 Å². The number of aliphatic carboxylic acids is 1. The van der Waals surface area contributed by atoms with Crippen LogP contribution >= 0.6 is 0 Å². The second-order valence-corrected chi connectivity index (χ2v) is 5.77. The van der Waals surface area contributed by atoms with Crippen LogP contribution in [0, 0.1) is 15.9 Å². The highest BCUT2D eigenvalue weighted by molar-refractivity contribution is 7.90. The first-order valence-electron chi connectivity index (χ1n) is 5.53. The average molecular weight is 321 g/mol. The summed E-state index contributed by atoms with van der Waals surface area (Å²) in [5.41, 5.74) is -1.08. The van der Waals surface area contributed by atoms with Gasteiger partial charge in [-0.3, -0.25) is 19.6 Å². The Kier molecular flexibility index (Phi) is 5.16. The van der Waals surface area contributed by atoms with Crippen LogP contribution in [0.15, 0.2) is 18.2 Å². The molecular formula is C10H12FN3O6S. The summed E-state index contributed by atoms with van der Waals surface area (Å²) < 4.78 is 39.6. The molecule has 0 aliphatic rings. The molecule has 0 aromatic heterocycles. The van der Waals surface area contributed by atoms with Gasteiger partial charge in [-0.05, 0) is 6.07 Å².